The first-order chi connectivity index (χ1) is 43.8. The van der Waals surface area contributed by atoms with Crippen LogP contribution in [0.4, 0.5) is 0 Å². The van der Waals surface area contributed by atoms with Crippen LogP contribution in [-0.2, 0) is 52.0 Å². The summed E-state index contributed by atoms with van der Waals surface area (Å²) >= 11 is 0. The van der Waals surface area contributed by atoms with Gasteiger partial charge in [0, 0.05) is 0 Å². The molecule has 22 nitrogen and oxygen atoms in total. The maximum absolute atomic E-state index is 13.9. The summed E-state index contributed by atoms with van der Waals surface area (Å²) in [5.41, 5.74) is 0. The van der Waals surface area contributed by atoms with Crippen molar-refractivity contribution >= 4 is 31.6 Å². The maximum Gasteiger partial charge on any atom is 0.472 e. The smallest absolute Gasteiger partial charge is 0.457 e. The molecule has 91 heavy (non-hydrogen) atoms. The predicted molar refractivity (Wildman–Crippen MR) is 349 cm³/mol. The van der Waals surface area contributed by atoms with E-state index in [0.717, 1.165) is 135 Å². The Balaban J connectivity index is 2.43. The Morgan fingerprint density at radius 3 is 1.00 bits per heavy atom. The highest BCUT2D eigenvalue weighted by Crippen LogP contribution is 2.41. The van der Waals surface area contributed by atoms with Crippen LogP contribution in [0.5, 0.6) is 0 Å². The lowest BCUT2D eigenvalue weighted by Gasteiger charge is -2.46. The average molecular weight is 1330 g/mol. The zero-order valence-electron chi connectivity index (χ0n) is 56.6. The van der Waals surface area contributed by atoms with Gasteiger partial charge in [-0.2, -0.15) is 0 Å². The fourth-order valence-corrected chi connectivity index (χ4v) is 12.6. The van der Waals surface area contributed by atoms with Gasteiger partial charge in [-0.3, -0.25) is 23.7 Å². The topological polar surface area (TPSA) is 347 Å². The summed E-state index contributed by atoms with van der Waals surface area (Å²) in [5.74, 6) is -3.62. The van der Waals surface area contributed by atoms with E-state index in [2.05, 4.69) is 38.3 Å². The van der Waals surface area contributed by atoms with E-state index in [-0.39, 0.29) is 12.8 Å². The number of hydrogen-bond acceptors (Lipinski definition) is 18. The zero-order valence-corrected chi connectivity index (χ0v) is 57.5. The quantitative estimate of drug-likeness (QED) is 0.0153. The summed E-state index contributed by atoms with van der Waals surface area (Å²) in [5, 5.41) is 83.4. The molecule has 536 valence electrons. The summed E-state index contributed by atoms with van der Waals surface area (Å²) in [7, 11) is -5.54. The summed E-state index contributed by atoms with van der Waals surface area (Å²) < 4.78 is 47.5. The summed E-state index contributed by atoms with van der Waals surface area (Å²) in [4.78, 5) is 75.5. The van der Waals surface area contributed by atoms with Crippen LogP contribution in [-0.4, -0.2) is 168 Å². The van der Waals surface area contributed by atoms with Crippen molar-refractivity contribution in [1.29, 1.82) is 0 Å². The third kappa shape index (κ3) is 40.7. The fraction of sp³-hybridized carbons (Fsp3) is 0.941. The lowest BCUT2D eigenvalue weighted by Crippen LogP contribution is -2.67. The highest BCUT2D eigenvalue weighted by molar-refractivity contribution is 7.46. The number of phosphoric ester groups is 1. The number of phosphoric acid groups is 1. The van der Waals surface area contributed by atoms with Crippen molar-refractivity contribution in [2.24, 2.45) is 0 Å². The number of hydrogen-bond donors (Lipinski definition) is 11. The standard InChI is InChI=1S/C68H129N2O20P/c1-5-9-13-17-21-25-29-33-37-41-51(72)45-57(76)69-61-65(88-59(78)47-53(74)43-39-35-31-27-23-19-15-11-7-3)63(80)55(49-71)86-67(61)85-50-56-64(81)66(89-60(79)48-54(75)44-40-36-32-28-24-20-16-12-8-4)62(68(87-56)90-91(82,83)84)70-58(77)46-52(73)42-38-34-30-26-22-18-14-10-6-2/h51-56,61-68,71-75,80-81H,5-50H2,1-4H3,(H,69,76)(H,70,77)(H2,82,83,84)/t51?,52?,53?,54?,55?,56?,61-,62-,63?,64+,65?,66?,67+,68?/m0/s1. The molecule has 10 unspecified atom stereocenters. The third-order valence-electron chi connectivity index (χ3n) is 17.6. The Bertz CT molecular complexity index is 1890. The monoisotopic (exact) mass is 1320 g/mol. The number of amides is 2. The second-order valence-electron chi connectivity index (χ2n) is 26.2. The SMILES string of the molecule is CCCCCCCCCCCC(O)CC(=O)N[C@@H]1C(OP(=O)(O)O)OC(CO[C@@H]2OC(CO)C(O)C(OC(=O)CC(O)CCCCCCCCCCC)[C@@H]2NC(=O)CC(O)CCCCCCCCCCC)[C@@H](O)C1OC(=O)CC(O)CCCCCCCCCCC. The van der Waals surface area contributed by atoms with Gasteiger partial charge in [-0.05, 0) is 25.7 Å². The van der Waals surface area contributed by atoms with Crippen LogP contribution in [0.1, 0.15) is 310 Å². The third-order valence-corrected chi connectivity index (χ3v) is 18.1. The lowest BCUT2D eigenvalue weighted by molar-refractivity contribution is -0.298. The molecule has 2 amide bonds. The second kappa shape index (κ2) is 52.7. The minimum absolute atomic E-state index is 0.246. The molecular weight excluding hydrogens is 1200 g/mol. The van der Waals surface area contributed by atoms with Gasteiger partial charge in [0.15, 0.2) is 24.8 Å². The Hall–Kier alpha value is -2.41. The largest absolute Gasteiger partial charge is 0.472 e. The molecule has 2 rings (SSSR count). The van der Waals surface area contributed by atoms with Gasteiger partial charge < -0.3 is 79.9 Å². The van der Waals surface area contributed by atoms with E-state index >= 15 is 0 Å². The van der Waals surface area contributed by atoms with E-state index < -0.39 is 156 Å². The number of carbonyl (C=O) groups excluding carboxylic acids is 4. The van der Waals surface area contributed by atoms with E-state index in [1.807, 2.05) is 0 Å². The van der Waals surface area contributed by atoms with Crippen LogP contribution in [0.2, 0.25) is 0 Å². The lowest BCUT2D eigenvalue weighted by atomic mass is 9.95. The molecule has 11 N–H and O–H groups in total. The number of aliphatic hydroxyl groups is 7. The molecular formula is C68H129N2O20P. The summed E-state index contributed by atoms with van der Waals surface area (Å²) in [6, 6.07) is -3.44. The highest BCUT2D eigenvalue weighted by atomic mass is 31.2. The molecule has 0 bridgehead atoms. The fourth-order valence-electron chi connectivity index (χ4n) is 12.1. The van der Waals surface area contributed by atoms with Crippen molar-refractivity contribution in [2.75, 3.05) is 13.2 Å². The van der Waals surface area contributed by atoms with E-state index in [9.17, 15) is 69.3 Å². The van der Waals surface area contributed by atoms with E-state index in [0.29, 0.717) is 38.5 Å². The van der Waals surface area contributed by atoms with Crippen molar-refractivity contribution in [3.8, 4) is 0 Å². The number of aliphatic hydroxyl groups excluding tert-OH is 7. The van der Waals surface area contributed by atoms with Crippen molar-refractivity contribution in [1.82, 2.24) is 10.6 Å². The van der Waals surface area contributed by atoms with Crippen LogP contribution in [0, 0.1) is 0 Å². The van der Waals surface area contributed by atoms with Crippen molar-refractivity contribution in [3.63, 3.8) is 0 Å². The highest BCUT2D eigenvalue weighted by Gasteiger charge is 2.53. The molecule has 0 aromatic rings. The first-order valence-corrected chi connectivity index (χ1v) is 37.6. The molecule has 0 radical (unpaired) electrons. The van der Waals surface area contributed by atoms with Crippen molar-refractivity contribution < 1.29 is 97.5 Å². The van der Waals surface area contributed by atoms with Gasteiger partial charge in [0.05, 0.1) is 63.3 Å². The molecule has 2 saturated heterocycles. The molecule has 0 spiro atoms. The molecule has 2 aliphatic heterocycles. The Morgan fingerprint density at radius 1 is 0.418 bits per heavy atom. The van der Waals surface area contributed by atoms with Crippen LogP contribution < -0.4 is 10.6 Å². The minimum atomic E-state index is -5.54. The molecule has 14 atom stereocenters. The van der Waals surface area contributed by atoms with Gasteiger partial charge in [0.25, 0.3) is 0 Å². The number of esters is 2. The van der Waals surface area contributed by atoms with Gasteiger partial charge in [-0.25, -0.2) is 4.57 Å². The molecule has 2 heterocycles. The molecule has 0 aromatic carbocycles. The minimum Gasteiger partial charge on any atom is -0.457 e. The first-order valence-electron chi connectivity index (χ1n) is 36.1. The van der Waals surface area contributed by atoms with Crippen molar-refractivity contribution in [3.05, 3.63) is 0 Å². The number of ether oxygens (including phenoxy) is 5. The molecule has 2 fully saturated rings. The number of carbonyl (C=O) groups is 4. The van der Waals surface area contributed by atoms with Gasteiger partial charge in [-0.15, -0.1) is 0 Å². The summed E-state index contributed by atoms with van der Waals surface area (Å²) in [6.07, 6.45) is 17.3. The first kappa shape index (κ1) is 84.7. The van der Waals surface area contributed by atoms with E-state index in [4.69, 9.17) is 28.2 Å². The molecule has 0 aromatic heterocycles. The van der Waals surface area contributed by atoms with Crippen LogP contribution in [0.25, 0.3) is 0 Å². The molecule has 23 heteroatoms. The number of unbranched alkanes of at least 4 members (excludes halogenated alkanes) is 32. The predicted octanol–water partition coefficient (Wildman–Crippen LogP) is 10.8. The van der Waals surface area contributed by atoms with E-state index in [1.54, 1.807) is 0 Å². The second-order valence-corrected chi connectivity index (χ2v) is 27.4. The van der Waals surface area contributed by atoms with Gasteiger partial charge in [-0.1, -0.05) is 259 Å². The molecule has 0 aliphatic carbocycles. The van der Waals surface area contributed by atoms with Crippen LogP contribution in [0.15, 0.2) is 0 Å². The Kier molecular flexibility index (Phi) is 49.1. The van der Waals surface area contributed by atoms with Gasteiger partial charge in [0.2, 0.25) is 11.8 Å². The maximum atomic E-state index is 13.9. The van der Waals surface area contributed by atoms with E-state index in [1.165, 1.54) is 70.6 Å². The van der Waals surface area contributed by atoms with Crippen LogP contribution in [0.3, 0.4) is 0 Å². The number of rotatable bonds is 58. The Labute approximate surface area is 546 Å². The summed E-state index contributed by atoms with van der Waals surface area (Å²) in [6.45, 7) is 6.95. The normalized spacial score (nSPS) is 23.3. The number of nitrogens with one attached hydrogen (secondary N) is 2. The van der Waals surface area contributed by atoms with Gasteiger partial charge in [0.1, 0.15) is 36.5 Å². The molecule has 0 saturated carbocycles. The Morgan fingerprint density at radius 2 is 0.692 bits per heavy atom. The zero-order chi connectivity index (χ0) is 67.1. The molecule has 2 aliphatic rings. The average Bonchev–Trinajstić information content (AvgIpc) is 0.942. The van der Waals surface area contributed by atoms with Crippen molar-refractivity contribution in [2.45, 2.75) is 396 Å². The van der Waals surface area contributed by atoms with Crippen LogP contribution >= 0.6 is 7.82 Å². The van der Waals surface area contributed by atoms with Gasteiger partial charge >= 0.3 is 19.8 Å².